The first-order valence-corrected chi connectivity index (χ1v) is 3.44. The van der Waals surface area contributed by atoms with Gasteiger partial charge in [-0.15, -0.1) is 0 Å². The van der Waals surface area contributed by atoms with Crippen LogP contribution in [-0.2, 0) is 4.74 Å². The van der Waals surface area contributed by atoms with Crippen molar-refractivity contribution in [3.8, 4) is 0 Å². The van der Waals surface area contributed by atoms with Crippen LogP contribution in [0.5, 0.6) is 0 Å². The van der Waals surface area contributed by atoms with Crippen LogP contribution in [0.25, 0.3) is 0 Å². The van der Waals surface area contributed by atoms with Crippen molar-refractivity contribution >= 4 is 0 Å². The fourth-order valence-electron chi connectivity index (χ4n) is 0.982. The monoisotopic (exact) mass is 179 g/mol. The van der Waals surface area contributed by atoms with Crippen LogP contribution in [0.4, 0.5) is 0 Å². The van der Waals surface area contributed by atoms with Crippen molar-refractivity contribution in [1.82, 2.24) is 0 Å². The van der Waals surface area contributed by atoms with E-state index < -0.39 is 37.3 Å². The molecule has 0 aliphatic carbocycles. The maximum Gasteiger partial charge on any atom is 0.184 e. The zero-order chi connectivity index (χ0) is 9.30. The molecule has 0 amide bonds. The third-order valence-electron chi connectivity index (χ3n) is 1.72. The summed E-state index contributed by atoms with van der Waals surface area (Å²) in [5.74, 6) is 0. The third kappa shape index (κ3) is 1.58. The predicted octanol–water partition coefficient (Wildman–Crippen LogP) is -2.68. The molecule has 4 atom stereocenters. The molecule has 0 aromatic carbocycles. The van der Waals surface area contributed by atoms with Crippen LogP contribution in [-0.4, -0.2) is 56.7 Å². The Hall–Kier alpha value is -0.240. The minimum absolute atomic E-state index is 0.547. The maximum absolute atomic E-state index is 9.08. The normalized spacial score (nSPS) is 44.8. The molecule has 6 nitrogen and oxygen atoms in total. The third-order valence-corrected chi connectivity index (χ3v) is 1.72. The van der Waals surface area contributed by atoms with Crippen LogP contribution < -0.4 is 0 Å². The van der Waals surface area contributed by atoms with Gasteiger partial charge in [0.2, 0.25) is 0 Å². The molecule has 6 heteroatoms. The van der Waals surface area contributed by atoms with Gasteiger partial charge >= 0.3 is 0 Å². The Morgan fingerprint density at radius 3 is 2.25 bits per heavy atom. The zero-order valence-corrected chi connectivity index (χ0v) is 6.16. The summed E-state index contributed by atoms with van der Waals surface area (Å²) < 4.78 is 4.56. The second-order valence-electron chi connectivity index (χ2n) is 2.56. The smallest absolute Gasteiger partial charge is 0.184 e. The molecule has 1 rings (SSSR count). The fraction of sp³-hybridized carbons (Fsp3) is 0.833. The number of hydrogen-bond acceptors (Lipinski definition) is 6. The van der Waals surface area contributed by atoms with Crippen LogP contribution in [0.1, 0.15) is 0 Å². The summed E-state index contributed by atoms with van der Waals surface area (Å²) >= 11 is 0. The molecule has 0 aromatic heterocycles. The first-order chi connectivity index (χ1) is 5.57. The Kier molecular flexibility index (Phi) is 2.99. The van der Waals surface area contributed by atoms with Gasteiger partial charge in [-0.3, -0.25) is 0 Å². The van der Waals surface area contributed by atoms with Gasteiger partial charge in [0.25, 0.3) is 0 Å². The molecule has 0 aromatic rings. The molecule has 0 saturated carbocycles. The predicted molar refractivity (Wildman–Crippen MR) is 35.2 cm³/mol. The molecule has 12 heavy (non-hydrogen) atoms. The molecule has 71 valence electrons. The molecule has 1 fully saturated rings. The van der Waals surface area contributed by atoms with E-state index in [2.05, 4.69) is 4.74 Å². The van der Waals surface area contributed by atoms with Gasteiger partial charge in [0.15, 0.2) is 12.4 Å². The van der Waals surface area contributed by atoms with Gasteiger partial charge in [0.1, 0.15) is 18.3 Å². The summed E-state index contributed by atoms with van der Waals surface area (Å²) in [5, 5.41) is 44.5. The van der Waals surface area contributed by atoms with Gasteiger partial charge < -0.3 is 30.3 Å². The summed E-state index contributed by atoms with van der Waals surface area (Å²) in [5.41, 5.74) is 0. The van der Waals surface area contributed by atoms with Crippen LogP contribution in [0.3, 0.4) is 0 Å². The van der Waals surface area contributed by atoms with Crippen molar-refractivity contribution in [3.63, 3.8) is 0 Å². The van der Waals surface area contributed by atoms with Crippen molar-refractivity contribution in [3.05, 3.63) is 6.10 Å². The largest absolute Gasteiger partial charge is 0.394 e. The topological polar surface area (TPSA) is 110 Å². The maximum atomic E-state index is 9.08. The van der Waals surface area contributed by atoms with Crippen LogP contribution in [0, 0.1) is 6.10 Å². The fourth-order valence-corrected chi connectivity index (χ4v) is 0.982. The molecule has 0 spiro atoms. The van der Waals surface area contributed by atoms with E-state index >= 15 is 0 Å². The van der Waals surface area contributed by atoms with Crippen molar-refractivity contribution < 1.29 is 30.3 Å². The van der Waals surface area contributed by atoms with Crippen LogP contribution in [0.2, 0.25) is 0 Å². The lowest BCUT2D eigenvalue weighted by Gasteiger charge is -2.36. The SMILES string of the molecule is OC[C@H]1O[C@H](O)[C@H](O)[C](O)[C@@H]1O. The lowest BCUT2D eigenvalue weighted by atomic mass is 10.00. The molecular weight excluding hydrogens is 168 g/mol. The highest BCUT2D eigenvalue weighted by atomic mass is 16.6. The summed E-state index contributed by atoms with van der Waals surface area (Å²) in [7, 11) is 0. The highest BCUT2D eigenvalue weighted by Crippen LogP contribution is 2.24. The summed E-state index contributed by atoms with van der Waals surface area (Å²) in [4.78, 5) is 0. The van der Waals surface area contributed by atoms with E-state index in [-0.39, 0.29) is 0 Å². The van der Waals surface area contributed by atoms with Gasteiger partial charge in [0.05, 0.1) is 6.61 Å². The van der Waals surface area contributed by atoms with Crippen molar-refractivity contribution in [2.75, 3.05) is 6.61 Å². The summed E-state index contributed by atoms with van der Waals surface area (Å²) in [6.07, 6.45) is -6.47. The lowest BCUT2D eigenvalue weighted by Crippen LogP contribution is -2.54. The number of hydrogen-bond donors (Lipinski definition) is 5. The Bertz CT molecular complexity index is 146. The molecule has 1 radical (unpaired) electrons. The Morgan fingerprint density at radius 1 is 1.17 bits per heavy atom. The number of ether oxygens (including phenoxy) is 1. The van der Waals surface area contributed by atoms with Gasteiger partial charge in [-0.25, -0.2) is 0 Å². The molecule has 0 bridgehead atoms. The van der Waals surface area contributed by atoms with Crippen molar-refractivity contribution in [2.45, 2.75) is 24.6 Å². The number of aliphatic hydroxyl groups excluding tert-OH is 5. The molecular formula is C6H11O6. The van der Waals surface area contributed by atoms with Gasteiger partial charge in [0, 0.05) is 0 Å². The van der Waals surface area contributed by atoms with Crippen LogP contribution >= 0.6 is 0 Å². The van der Waals surface area contributed by atoms with E-state index in [0.29, 0.717) is 0 Å². The quantitative estimate of drug-likeness (QED) is 0.300. The van der Waals surface area contributed by atoms with E-state index in [0.717, 1.165) is 0 Å². The van der Waals surface area contributed by atoms with E-state index in [9.17, 15) is 0 Å². The molecule has 1 aliphatic heterocycles. The minimum Gasteiger partial charge on any atom is -0.394 e. The van der Waals surface area contributed by atoms with E-state index in [1.54, 1.807) is 0 Å². The summed E-state index contributed by atoms with van der Waals surface area (Å²) in [6, 6.07) is 0. The standard InChI is InChI=1S/C6H11O6/c7-1-2-3(8)4(9)5(10)6(11)12-2/h2-3,5-11H,1H2/t2-,3-,5-,6+/m1/s1. The van der Waals surface area contributed by atoms with Gasteiger partial charge in [-0.2, -0.15) is 0 Å². The highest BCUT2D eigenvalue weighted by molar-refractivity contribution is 5.01. The molecule has 1 aliphatic rings. The molecule has 0 unspecified atom stereocenters. The molecule has 1 saturated heterocycles. The van der Waals surface area contributed by atoms with Crippen molar-refractivity contribution in [1.29, 1.82) is 0 Å². The van der Waals surface area contributed by atoms with Gasteiger partial charge in [-0.1, -0.05) is 0 Å². The Morgan fingerprint density at radius 2 is 1.75 bits per heavy atom. The highest BCUT2D eigenvalue weighted by Gasteiger charge is 2.43. The molecule has 1 heterocycles. The van der Waals surface area contributed by atoms with E-state index in [4.69, 9.17) is 25.5 Å². The van der Waals surface area contributed by atoms with Crippen molar-refractivity contribution in [2.24, 2.45) is 0 Å². The Balaban J connectivity index is 2.63. The van der Waals surface area contributed by atoms with Gasteiger partial charge in [-0.05, 0) is 0 Å². The first-order valence-electron chi connectivity index (χ1n) is 3.44. The zero-order valence-electron chi connectivity index (χ0n) is 6.16. The second kappa shape index (κ2) is 3.65. The second-order valence-corrected chi connectivity index (χ2v) is 2.56. The molecule has 5 N–H and O–H groups in total. The van der Waals surface area contributed by atoms with E-state index in [1.165, 1.54) is 0 Å². The number of aliphatic hydroxyl groups is 5. The minimum atomic E-state index is -1.62. The lowest BCUT2D eigenvalue weighted by molar-refractivity contribution is -0.258. The Labute approximate surface area is 68.6 Å². The summed E-state index contributed by atoms with van der Waals surface area (Å²) in [6.45, 7) is -0.547. The first kappa shape index (κ1) is 9.85. The average Bonchev–Trinajstić information content (AvgIpc) is 2.08. The van der Waals surface area contributed by atoms with Crippen LogP contribution in [0.15, 0.2) is 0 Å². The van der Waals surface area contributed by atoms with E-state index in [1.807, 2.05) is 0 Å². The average molecular weight is 179 g/mol. The number of rotatable bonds is 1.